The van der Waals surface area contributed by atoms with E-state index in [0.29, 0.717) is 5.02 Å². The Hall–Kier alpha value is -1.62. The standard InChI is InChI=1S/C21H25ClN2O2/c1-24-9-7-16(8-10-24)21(25)19-6-5-17(22)11-14(19)3-4-15-12-18(26-2)13-23-20(15)21/h5-6,11-13,16,25H,3-4,7-10H2,1-2H3/t21-/m1/s1. The highest BCUT2D eigenvalue weighted by Crippen LogP contribution is 2.46. The topological polar surface area (TPSA) is 45.6 Å². The van der Waals surface area contributed by atoms with Crippen LogP contribution < -0.4 is 4.74 Å². The molecule has 4 rings (SSSR count). The van der Waals surface area contributed by atoms with Crippen molar-refractivity contribution in [3.05, 3.63) is 57.9 Å². The van der Waals surface area contributed by atoms with Crippen molar-refractivity contribution in [2.24, 2.45) is 5.92 Å². The summed E-state index contributed by atoms with van der Waals surface area (Å²) in [5, 5.41) is 12.9. The molecule has 1 aromatic carbocycles. The zero-order valence-electron chi connectivity index (χ0n) is 15.3. The first-order valence-corrected chi connectivity index (χ1v) is 9.63. The highest BCUT2D eigenvalue weighted by Gasteiger charge is 2.46. The lowest BCUT2D eigenvalue weighted by Crippen LogP contribution is -2.44. The molecule has 0 unspecified atom stereocenters. The van der Waals surface area contributed by atoms with E-state index in [2.05, 4.69) is 11.9 Å². The van der Waals surface area contributed by atoms with Crippen molar-refractivity contribution in [3.63, 3.8) is 0 Å². The average molecular weight is 373 g/mol. The summed E-state index contributed by atoms with van der Waals surface area (Å²) in [4.78, 5) is 7.02. The van der Waals surface area contributed by atoms with Crippen molar-refractivity contribution in [2.45, 2.75) is 31.3 Å². The summed E-state index contributed by atoms with van der Waals surface area (Å²) in [5.41, 5.74) is 2.86. The van der Waals surface area contributed by atoms with E-state index in [1.54, 1.807) is 13.3 Å². The van der Waals surface area contributed by atoms with Gasteiger partial charge in [0.1, 0.15) is 11.4 Å². The summed E-state index contributed by atoms with van der Waals surface area (Å²) in [6.07, 6.45) is 5.28. The van der Waals surface area contributed by atoms with Crippen LogP contribution in [0.15, 0.2) is 30.5 Å². The zero-order valence-corrected chi connectivity index (χ0v) is 16.1. The second kappa shape index (κ2) is 6.84. The highest BCUT2D eigenvalue weighted by molar-refractivity contribution is 6.30. The molecule has 1 aromatic heterocycles. The second-order valence-corrected chi connectivity index (χ2v) is 7.96. The van der Waals surface area contributed by atoms with Gasteiger partial charge in [0.25, 0.3) is 0 Å². The van der Waals surface area contributed by atoms with E-state index in [1.807, 2.05) is 24.3 Å². The molecule has 26 heavy (non-hydrogen) atoms. The first-order valence-electron chi connectivity index (χ1n) is 9.25. The Labute approximate surface area is 159 Å². The van der Waals surface area contributed by atoms with Crippen LogP contribution in [0.2, 0.25) is 5.02 Å². The van der Waals surface area contributed by atoms with Crippen LogP contribution in [0.5, 0.6) is 5.75 Å². The van der Waals surface area contributed by atoms with Gasteiger partial charge in [0, 0.05) is 10.9 Å². The SMILES string of the molecule is COc1cnc2c(c1)CCc1cc(Cl)ccc1[C@]2(O)C1CCN(C)CC1. The van der Waals surface area contributed by atoms with E-state index >= 15 is 0 Å². The number of rotatable bonds is 2. The average Bonchev–Trinajstić information content (AvgIpc) is 2.77. The maximum Gasteiger partial charge on any atom is 0.137 e. The molecule has 1 fully saturated rings. The van der Waals surface area contributed by atoms with Crippen molar-refractivity contribution in [1.82, 2.24) is 9.88 Å². The third-order valence-corrected chi connectivity index (χ3v) is 6.22. The number of ether oxygens (including phenoxy) is 1. The monoisotopic (exact) mass is 372 g/mol. The molecule has 0 radical (unpaired) electrons. The zero-order chi connectivity index (χ0) is 18.3. The van der Waals surface area contributed by atoms with Gasteiger partial charge in [-0.15, -0.1) is 0 Å². The minimum absolute atomic E-state index is 0.136. The molecule has 0 bridgehead atoms. The fourth-order valence-corrected chi connectivity index (χ4v) is 4.71. The van der Waals surface area contributed by atoms with Gasteiger partial charge in [0.15, 0.2) is 0 Å². The predicted molar refractivity (Wildman–Crippen MR) is 103 cm³/mol. The molecule has 1 N–H and O–H groups in total. The molecular formula is C21H25ClN2O2. The Morgan fingerprint density at radius 1 is 1.19 bits per heavy atom. The summed E-state index contributed by atoms with van der Waals surface area (Å²) < 4.78 is 5.37. The molecule has 0 saturated carbocycles. The molecule has 2 aromatic rings. The quantitative estimate of drug-likeness (QED) is 0.877. The van der Waals surface area contributed by atoms with Gasteiger partial charge in [-0.05, 0) is 80.7 Å². The summed E-state index contributed by atoms with van der Waals surface area (Å²) in [5.74, 6) is 0.870. The third-order valence-electron chi connectivity index (χ3n) is 5.99. The number of piperidine rings is 1. The summed E-state index contributed by atoms with van der Waals surface area (Å²) in [6.45, 7) is 1.97. The van der Waals surface area contributed by atoms with Crippen molar-refractivity contribution >= 4 is 11.6 Å². The summed E-state index contributed by atoms with van der Waals surface area (Å²) in [7, 11) is 3.79. The van der Waals surface area contributed by atoms with Gasteiger partial charge in [0.05, 0.1) is 19.0 Å². The molecule has 1 aliphatic heterocycles. The van der Waals surface area contributed by atoms with Gasteiger partial charge in [-0.25, -0.2) is 0 Å². The number of aromatic nitrogens is 1. The Bertz CT molecular complexity index is 818. The van der Waals surface area contributed by atoms with Gasteiger partial charge >= 0.3 is 0 Å². The number of methoxy groups -OCH3 is 1. The van der Waals surface area contributed by atoms with Crippen LogP contribution in [0.1, 0.15) is 35.2 Å². The van der Waals surface area contributed by atoms with Crippen LogP contribution in [0, 0.1) is 5.92 Å². The molecule has 1 aliphatic carbocycles. The normalized spacial score (nSPS) is 23.8. The van der Waals surface area contributed by atoms with E-state index in [4.69, 9.17) is 21.3 Å². The molecule has 2 heterocycles. The van der Waals surface area contributed by atoms with Crippen molar-refractivity contribution in [3.8, 4) is 5.75 Å². The van der Waals surface area contributed by atoms with E-state index in [0.717, 1.165) is 66.9 Å². The first kappa shape index (κ1) is 17.8. The van der Waals surface area contributed by atoms with Crippen LogP contribution in [-0.4, -0.2) is 42.2 Å². The number of benzene rings is 1. The first-order chi connectivity index (χ1) is 12.5. The lowest BCUT2D eigenvalue weighted by molar-refractivity contribution is -0.0148. The number of likely N-dealkylation sites (tertiary alicyclic amines) is 1. The fraction of sp³-hybridized carbons (Fsp3) is 0.476. The van der Waals surface area contributed by atoms with Crippen molar-refractivity contribution < 1.29 is 9.84 Å². The van der Waals surface area contributed by atoms with Gasteiger partial charge in [0.2, 0.25) is 0 Å². The molecule has 2 aliphatic rings. The number of hydrogen-bond acceptors (Lipinski definition) is 4. The van der Waals surface area contributed by atoms with Gasteiger partial charge < -0.3 is 14.7 Å². The number of aliphatic hydroxyl groups is 1. The van der Waals surface area contributed by atoms with Crippen LogP contribution in [-0.2, 0) is 18.4 Å². The maximum absolute atomic E-state index is 12.2. The van der Waals surface area contributed by atoms with Gasteiger partial charge in [-0.2, -0.15) is 0 Å². The van der Waals surface area contributed by atoms with E-state index in [1.165, 1.54) is 0 Å². The maximum atomic E-state index is 12.2. The van der Waals surface area contributed by atoms with Crippen LogP contribution in [0.4, 0.5) is 0 Å². The molecule has 5 heteroatoms. The number of aryl methyl sites for hydroxylation is 2. The predicted octanol–water partition coefficient (Wildman–Crippen LogP) is 3.42. The second-order valence-electron chi connectivity index (χ2n) is 7.53. The summed E-state index contributed by atoms with van der Waals surface area (Å²) >= 11 is 6.26. The molecule has 138 valence electrons. The van der Waals surface area contributed by atoms with Crippen LogP contribution in [0.3, 0.4) is 0 Å². The highest BCUT2D eigenvalue weighted by atomic mass is 35.5. The minimum Gasteiger partial charge on any atom is -0.495 e. The Kier molecular flexibility index (Phi) is 4.68. The van der Waals surface area contributed by atoms with Crippen molar-refractivity contribution in [2.75, 3.05) is 27.2 Å². The van der Waals surface area contributed by atoms with Crippen LogP contribution >= 0.6 is 11.6 Å². The van der Waals surface area contributed by atoms with E-state index in [-0.39, 0.29) is 5.92 Å². The molecule has 0 amide bonds. The number of halogens is 1. The summed E-state index contributed by atoms with van der Waals surface area (Å²) in [6, 6.07) is 7.90. The van der Waals surface area contributed by atoms with Gasteiger partial charge in [-0.3, -0.25) is 4.98 Å². The van der Waals surface area contributed by atoms with E-state index < -0.39 is 5.60 Å². The molecule has 0 spiro atoms. The largest absolute Gasteiger partial charge is 0.495 e. The number of nitrogens with zero attached hydrogens (tertiary/aromatic N) is 2. The molecule has 1 saturated heterocycles. The number of pyridine rings is 1. The lowest BCUT2D eigenvalue weighted by Gasteiger charge is -2.41. The smallest absolute Gasteiger partial charge is 0.137 e. The molecular weight excluding hydrogens is 348 g/mol. The number of hydrogen-bond donors (Lipinski definition) is 1. The minimum atomic E-state index is -1.08. The third kappa shape index (κ3) is 2.90. The Morgan fingerprint density at radius 2 is 1.92 bits per heavy atom. The molecule has 1 atom stereocenters. The number of fused-ring (bicyclic) bond motifs is 2. The molecule has 4 nitrogen and oxygen atoms in total. The van der Waals surface area contributed by atoms with Crippen molar-refractivity contribution in [1.29, 1.82) is 0 Å². The van der Waals surface area contributed by atoms with E-state index in [9.17, 15) is 5.11 Å². The lowest BCUT2D eigenvalue weighted by atomic mass is 9.72. The Morgan fingerprint density at radius 3 is 2.65 bits per heavy atom. The van der Waals surface area contributed by atoms with Crippen LogP contribution in [0.25, 0.3) is 0 Å². The fourth-order valence-electron chi connectivity index (χ4n) is 4.51. The Balaban J connectivity index is 1.89. The van der Waals surface area contributed by atoms with Gasteiger partial charge in [-0.1, -0.05) is 17.7 Å².